The Balaban J connectivity index is 2.23. The number of hydrogen-bond donors (Lipinski definition) is 0. The monoisotopic (exact) mass is 328 g/mol. The molecule has 2 aromatic rings. The molecule has 1 aromatic carbocycles. The van der Waals surface area contributed by atoms with E-state index in [0.717, 1.165) is 5.56 Å². The molecule has 94 valence electrons. The van der Waals surface area contributed by atoms with Crippen LogP contribution in [0.25, 0.3) is 0 Å². The highest BCUT2D eigenvalue weighted by Gasteiger charge is 2.09. The minimum atomic E-state index is 0.313. The van der Waals surface area contributed by atoms with E-state index in [1.54, 1.807) is 7.11 Å². The van der Waals surface area contributed by atoms with Crippen molar-refractivity contribution in [3.63, 3.8) is 0 Å². The van der Waals surface area contributed by atoms with Crippen LogP contribution < -0.4 is 4.74 Å². The molecule has 0 fully saturated rings. The Morgan fingerprint density at radius 3 is 2.94 bits per heavy atom. The molecule has 0 radical (unpaired) electrons. The summed E-state index contributed by atoms with van der Waals surface area (Å²) in [5.41, 5.74) is 1.02. The van der Waals surface area contributed by atoms with Crippen molar-refractivity contribution in [2.75, 3.05) is 7.11 Å². The van der Waals surface area contributed by atoms with E-state index in [4.69, 9.17) is 21.1 Å². The van der Waals surface area contributed by atoms with Gasteiger partial charge in [0.25, 0.3) is 0 Å². The second-order valence-corrected chi connectivity index (χ2v) is 4.62. The van der Waals surface area contributed by atoms with Gasteiger partial charge in [0.2, 0.25) is 5.88 Å². The van der Waals surface area contributed by atoms with Gasteiger partial charge in [-0.3, -0.25) is 0 Å². The Morgan fingerprint density at radius 1 is 1.33 bits per heavy atom. The molecular weight excluding hydrogens is 320 g/mol. The van der Waals surface area contributed by atoms with E-state index in [1.807, 2.05) is 24.3 Å². The van der Waals surface area contributed by atoms with Gasteiger partial charge in [-0.05, 0) is 33.6 Å². The molecule has 0 aliphatic heterocycles. The first-order chi connectivity index (χ1) is 8.70. The predicted octanol–water partition coefficient (Wildman–Crippen LogP) is 3.83. The summed E-state index contributed by atoms with van der Waals surface area (Å²) < 4.78 is 11.2. The van der Waals surface area contributed by atoms with Crippen LogP contribution >= 0.6 is 27.5 Å². The topological polar surface area (TPSA) is 44.2 Å². The first kappa shape index (κ1) is 13.3. The van der Waals surface area contributed by atoms with Gasteiger partial charge in [0.1, 0.15) is 16.5 Å². The molecule has 0 bridgehead atoms. The first-order valence-corrected chi connectivity index (χ1v) is 6.29. The third-order valence-corrected chi connectivity index (χ3v) is 3.37. The van der Waals surface area contributed by atoms with Crippen molar-refractivity contribution in [2.24, 2.45) is 0 Å². The zero-order chi connectivity index (χ0) is 13.0. The molecule has 0 saturated carbocycles. The highest BCUT2D eigenvalue weighted by Crippen LogP contribution is 2.31. The maximum atomic E-state index is 5.86. The Hall–Kier alpha value is -1.17. The van der Waals surface area contributed by atoms with E-state index in [2.05, 4.69) is 25.9 Å². The van der Waals surface area contributed by atoms with Crippen molar-refractivity contribution in [3.8, 4) is 11.6 Å². The average Bonchev–Trinajstić information content (AvgIpc) is 2.36. The number of aromatic nitrogens is 2. The third-order valence-electron chi connectivity index (χ3n) is 2.14. The second kappa shape index (κ2) is 6.13. The second-order valence-electron chi connectivity index (χ2n) is 3.47. The van der Waals surface area contributed by atoms with E-state index in [-0.39, 0.29) is 0 Å². The number of halogens is 2. The predicted molar refractivity (Wildman–Crippen MR) is 72.0 cm³/mol. The van der Waals surface area contributed by atoms with Gasteiger partial charge in [0, 0.05) is 7.11 Å². The summed E-state index contributed by atoms with van der Waals surface area (Å²) in [4.78, 5) is 7.85. The summed E-state index contributed by atoms with van der Waals surface area (Å²) in [5, 5.41) is 0.313. The summed E-state index contributed by atoms with van der Waals surface area (Å²) >= 11 is 9.14. The molecule has 18 heavy (non-hydrogen) atoms. The lowest BCUT2D eigenvalue weighted by Crippen LogP contribution is -1.93. The van der Waals surface area contributed by atoms with Crippen molar-refractivity contribution >= 4 is 27.5 Å². The van der Waals surface area contributed by atoms with E-state index >= 15 is 0 Å². The van der Waals surface area contributed by atoms with Gasteiger partial charge in [-0.15, -0.1) is 0 Å². The summed E-state index contributed by atoms with van der Waals surface area (Å²) in [6.45, 7) is 0.531. The number of rotatable bonds is 4. The zero-order valence-corrected chi connectivity index (χ0v) is 11.9. The van der Waals surface area contributed by atoms with Crippen molar-refractivity contribution in [3.05, 3.63) is 45.8 Å². The summed E-state index contributed by atoms with van der Waals surface area (Å²) in [7, 11) is 1.65. The largest absolute Gasteiger partial charge is 0.438 e. The van der Waals surface area contributed by atoms with E-state index in [1.165, 1.54) is 6.33 Å². The Bertz CT molecular complexity index is 551. The van der Waals surface area contributed by atoms with Gasteiger partial charge in [0.15, 0.2) is 5.15 Å². The third kappa shape index (κ3) is 3.19. The molecule has 0 atom stereocenters. The van der Waals surface area contributed by atoms with Crippen LogP contribution in [-0.2, 0) is 11.3 Å². The fraction of sp³-hybridized carbons (Fsp3) is 0.167. The molecule has 0 unspecified atom stereocenters. The van der Waals surface area contributed by atoms with E-state index < -0.39 is 0 Å². The average molecular weight is 330 g/mol. The van der Waals surface area contributed by atoms with Crippen LogP contribution in [0, 0.1) is 0 Å². The maximum absolute atomic E-state index is 5.86. The van der Waals surface area contributed by atoms with Crippen molar-refractivity contribution in [2.45, 2.75) is 6.61 Å². The van der Waals surface area contributed by atoms with Crippen molar-refractivity contribution < 1.29 is 9.47 Å². The van der Waals surface area contributed by atoms with Crippen LogP contribution in [0.15, 0.2) is 35.1 Å². The van der Waals surface area contributed by atoms with Crippen molar-refractivity contribution in [1.82, 2.24) is 9.97 Å². The van der Waals surface area contributed by atoms with Crippen LogP contribution in [0.2, 0.25) is 5.15 Å². The highest BCUT2D eigenvalue weighted by molar-refractivity contribution is 9.10. The Kier molecular flexibility index (Phi) is 4.52. The molecular formula is C12H10BrClN2O2. The van der Waals surface area contributed by atoms with Gasteiger partial charge in [-0.1, -0.05) is 23.7 Å². The molecule has 1 heterocycles. The fourth-order valence-electron chi connectivity index (χ4n) is 1.38. The molecule has 6 heteroatoms. The fourth-order valence-corrected chi connectivity index (χ4v) is 1.79. The Morgan fingerprint density at radius 2 is 2.17 bits per heavy atom. The SMILES string of the molecule is COCc1cccc(Oc2ncnc(Cl)c2Br)c1. The van der Waals surface area contributed by atoms with Gasteiger partial charge in [-0.2, -0.15) is 0 Å². The minimum absolute atomic E-state index is 0.313. The number of nitrogens with zero attached hydrogens (tertiary/aromatic N) is 2. The van der Waals surface area contributed by atoms with Crippen molar-refractivity contribution in [1.29, 1.82) is 0 Å². The molecule has 0 aliphatic carbocycles. The number of ether oxygens (including phenoxy) is 2. The minimum Gasteiger partial charge on any atom is -0.438 e. The number of benzene rings is 1. The lowest BCUT2D eigenvalue weighted by molar-refractivity contribution is 0.184. The van der Waals surface area contributed by atoms with Gasteiger partial charge in [-0.25, -0.2) is 9.97 Å². The molecule has 0 spiro atoms. The molecule has 4 nitrogen and oxygen atoms in total. The summed E-state index contributed by atoms with van der Waals surface area (Å²) in [5.74, 6) is 1.05. The Labute approximate surface area is 118 Å². The molecule has 0 saturated heterocycles. The lowest BCUT2D eigenvalue weighted by Gasteiger charge is -2.08. The quantitative estimate of drug-likeness (QED) is 0.800. The van der Waals surface area contributed by atoms with Crippen LogP contribution in [0.1, 0.15) is 5.56 Å². The molecule has 2 rings (SSSR count). The molecule has 0 amide bonds. The maximum Gasteiger partial charge on any atom is 0.238 e. The zero-order valence-electron chi connectivity index (χ0n) is 9.56. The van der Waals surface area contributed by atoms with Gasteiger partial charge in [0.05, 0.1) is 6.61 Å². The first-order valence-electron chi connectivity index (χ1n) is 5.12. The van der Waals surface area contributed by atoms with Crippen LogP contribution in [-0.4, -0.2) is 17.1 Å². The smallest absolute Gasteiger partial charge is 0.238 e. The van der Waals surface area contributed by atoms with Crippen LogP contribution in [0.4, 0.5) is 0 Å². The number of hydrogen-bond acceptors (Lipinski definition) is 4. The molecule has 0 N–H and O–H groups in total. The molecule has 0 aliphatic rings. The van der Waals surface area contributed by atoms with Gasteiger partial charge < -0.3 is 9.47 Å². The molecule has 1 aromatic heterocycles. The lowest BCUT2D eigenvalue weighted by atomic mass is 10.2. The van der Waals surface area contributed by atoms with Gasteiger partial charge >= 0.3 is 0 Å². The van der Waals surface area contributed by atoms with Crippen LogP contribution in [0.3, 0.4) is 0 Å². The standard InChI is InChI=1S/C12H10BrClN2O2/c1-17-6-8-3-2-4-9(5-8)18-12-10(13)11(14)15-7-16-12/h2-5,7H,6H2,1H3. The van der Waals surface area contributed by atoms with E-state index in [0.29, 0.717) is 27.9 Å². The highest BCUT2D eigenvalue weighted by atomic mass is 79.9. The summed E-state index contributed by atoms with van der Waals surface area (Å²) in [6, 6.07) is 7.56. The number of methoxy groups -OCH3 is 1. The normalized spacial score (nSPS) is 10.4. The van der Waals surface area contributed by atoms with Crippen LogP contribution in [0.5, 0.6) is 11.6 Å². The summed E-state index contributed by atoms with van der Waals surface area (Å²) in [6.07, 6.45) is 1.35. The van der Waals surface area contributed by atoms with E-state index in [9.17, 15) is 0 Å².